The van der Waals surface area contributed by atoms with E-state index in [1.165, 1.54) is 0 Å². The normalized spacial score (nSPS) is 19.9. The zero-order valence-electron chi connectivity index (χ0n) is 11.3. The molecular formula is C14H19N3O3. The fraction of sp³-hybridized carbons (Fsp3) is 0.429. The van der Waals surface area contributed by atoms with Crippen molar-refractivity contribution >= 4 is 17.6 Å². The van der Waals surface area contributed by atoms with Crippen LogP contribution < -0.4 is 16.0 Å². The number of hydrogen-bond donors (Lipinski definition) is 4. The quantitative estimate of drug-likeness (QED) is 0.668. The van der Waals surface area contributed by atoms with Crippen molar-refractivity contribution in [1.82, 2.24) is 10.6 Å². The zero-order chi connectivity index (χ0) is 14.5. The van der Waals surface area contributed by atoms with Crippen molar-refractivity contribution < 1.29 is 14.7 Å². The van der Waals surface area contributed by atoms with Crippen LogP contribution in [0.25, 0.3) is 0 Å². The maximum absolute atomic E-state index is 11.8. The van der Waals surface area contributed by atoms with E-state index in [1.54, 1.807) is 31.2 Å². The summed E-state index contributed by atoms with van der Waals surface area (Å²) in [6.07, 6.45) is 0.567. The summed E-state index contributed by atoms with van der Waals surface area (Å²) < 4.78 is 0. The van der Waals surface area contributed by atoms with Crippen LogP contribution in [-0.4, -0.2) is 29.6 Å². The lowest BCUT2D eigenvalue weighted by Crippen LogP contribution is -2.48. The molecule has 6 nitrogen and oxygen atoms in total. The average Bonchev–Trinajstić information content (AvgIpc) is 2.42. The van der Waals surface area contributed by atoms with Gasteiger partial charge in [-0.25, -0.2) is 4.79 Å². The second-order valence-corrected chi connectivity index (χ2v) is 4.94. The summed E-state index contributed by atoms with van der Waals surface area (Å²) in [5.74, 6) is 0.0252. The average molecular weight is 277 g/mol. The van der Waals surface area contributed by atoms with Gasteiger partial charge in [0.05, 0.1) is 6.10 Å². The van der Waals surface area contributed by atoms with Gasteiger partial charge in [-0.2, -0.15) is 0 Å². The Hall–Kier alpha value is -2.08. The molecule has 2 rings (SSSR count). The summed E-state index contributed by atoms with van der Waals surface area (Å²) in [6, 6.07) is 6.68. The van der Waals surface area contributed by atoms with E-state index in [1.807, 2.05) is 0 Å². The number of benzene rings is 1. The van der Waals surface area contributed by atoms with Gasteiger partial charge in [0.15, 0.2) is 0 Å². The molecule has 108 valence electrons. The summed E-state index contributed by atoms with van der Waals surface area (Å²) in [7, 11) is 0. The first-order valence-corrected chi connectivity index (χ1v) is 6.67. The van der Waals surface area contributed by atoms with E-state index in [0.717, 1.165) is 5.56 Å². The van der Waals surface area contributed by atoms with Gasteiger partial charge in [-0.3, -0.25) is 4.79 Å². The van der Waals surface area contributed by atoms with Crippen LogP contribution in [-0.2, 0) is 4.79 Å². The van der Waals surface area contributed by atoms with E-state index in [2.05, 4.69) is 16.0 Å². The van der Waals surface area contributed by atoms with Crippen molar-refractivity contribution in [3.63, 3.8) is 0 Å². The molecule has 1 saturated heterocycles. The first kappa shape index (κ1) is 14.3. The Balaban J connectivity index is 1.83. The first-order chi connectivity index (χ1) is 9.54. The Labute approximate surface area is 117 Å². The van der Waals surface area contributed by atoms with Crippen molar-refractivity contribution in [2.24, 2.45) is 0 Å². The van der Waals surface area contributed by atoms with E-state index >= 15 is 0 Å². The number of nitrogens with one attached hydrogen (secondary N) is 3. The van der Waals surface area contributed by atoms with Gasteiger partial charge in [0.2, 0.25) is 5.91 Å². The molecular weight excluding hydrogens is 258 g/mol. The Morgan fingerprint density at radius 3 is 2.65 bits per heavy atom. The number of hydrogen-bond acceptors (Lipinski definition) is 3. The third kappa shape index (κ3) is 3.96. The topological polar surface area (TPSA) is 90.5 Å². The predicted molar refractivity (Wildman–Crippen MR) is 75.3 cm³/mol. The van der Waals surface area contributed by atoms with E-state index in [4.69, 9.17) is 0 Å². The fourth-order valence-corrected chi connectivity index (χ4v) is 2.05. The van der Waals surface area contributed by atoms with Gasteiger partial charge >= 0.3 is 6.03 Å². The van der Waals surface area contributed by atoms with Crippen LogP contribution in [0.15, 0.2) is 24.3 Å². The van der Waals surface area contributed by atoms with Crippen LogP contribution >= 0.6 is 0 Å². The summed E-state index contributed by atoms with van der Waals surface area (Å²) in [5.41, 5.74) is 1.46. The molecule has 20 heavy (non-hydrogen) atoms. The van der Waals surface area contributed by atoms with Gasteiger partial charge in [0.1, 0.15) is 0 Å². The summed E-state index contributed by atoms with van der Waals surface area (Å²) >= 11 is 0. The highest BCUT2D eigenvalue weighted by molar-refractivity contribution is 5.89. The molecule has 1 aliphatic rings. The lowest BCUT2D eigenvalue weighted by atomic mass is 10.1. The summed E-state index contributed by atoms with van der Waals surface area (Å²) in [5, 5.41) is 17.6. The van der Waals surface area contributed by atoms with Crippen LogP contribution in [0.3, 0.4) is 0 Å². The van der Waals surface area contributed by atoms with Crippen LogP contribution in [0.1, 0.15) is 31.4 Å². The number of amides is 3. The number of carbonyl (C=O) groups excluding carboxylic acids is 2. The molecule has 1 aromatic carbocycles. The van der Waals surface area contributed by atoms with Gasteiger partial charge in [-0.05, 0) is 31.0 Å². The monoisotopic (exact) mass is 277 g/mol. The third-order valence-corrected chi connectivity index (χ3v) is 3.25. The Bertz CT molecular complexity index is 475. The molecule has 2 atom stereocenters. The van der Waals surface area contributed by atoms with E-state index in [9.17, 15) is 14.7 Å². The van der Waals surface area contributed by atoms with Crippen LogP contribution in [0, 0.1) is 0 Å². The van der Waals surface area contributed by atoms with Gasteiger partial charge in [-0.15, -0.1) is 0 Å². The molecule has 1 aromatic rings. The van der Waals surface area contributed by atoms with Crippen LogP contribution in [0.2, 0.25) is 0 Å². The molecule has 0 aliphatic carbocycles. The molecule has 0 bridgehead atoms. The van der Waals surface area contributed by atoms with Crippen molar-refractivity contribution in [1.29, 1.82) is 0 Å². The second-order valence-electron chi connectivity index (χ2n) is 4.94. The van der Waals surface area contributed by atoms with Crippen LogP contribution in [0.5, 0.6) is 0 Å². The zero-order valence-corrected chi connectivity index (χ0v) is 11.3. The molecule has 0 aromatic heterocycles. The largest absolute Gasteiger partial charge is 0.389 e. The maximum atomic E-state index is 11.8. The SMILES string of the molecule is CC(O)c1ccc(NC(=O)NC2CCC(=O)NC2)cc1. The summed E-state index contributed by atoms with van der Waals surface area (Å²) in [6.45, 7) is 2.15. The predicted octanol–water partition coefficient (Wildman–Crippen LogP) is 1.14. The molecule has 1 fully saturated rings. The molecule has 1 heterocycles. The minimum Gasteiger partial charge on any atom is -0.389 e. The summed E-state index contributed by atoms with van der Waals surface area (Å²) in [4.78, 5) is 22.8. The molecule has 2 unspecified atom stereocenters. The third-order valence-electron chi connectivity index (χ3n) is 3.25. The van der Waals surface area contributed by atoms with Crippen molar-refractivity contribution in [2.75, 3.05) is 11.9 Å². The number of aliphatic hydroxyl groups excluding tert-OH is 1. The molecule has 1 aliphatic heterocycles. The first-order valence-electron chi connectivity index (χ1n) is 6.67. The van der Waals surface area contributed by atoms with Gasteiger partial charge in [-0.1, -0.05) is 12.1 Å². The second kappa shape index (κ2) is 6.38. The minimum atomic E-state index is -0.524. The van der Waals surface area contributed by atoms with Crippen LogP contribution in [0.4, 0.5) is 10.5 Å². The number of anilines is 1. The smallest absolute Gasteiger partial charge is 0.319 e. The lowest BCUT2D eigenvalue weighted by Gasteiger charge is -2.23. The Kier molecular flexibility index (Phi) is 4.57. The molecule has 0 radical (unpaired) electrons. The molecule has 0 saturated carbocycles. The molecule has 0 spiro atoms. The van der Waals surface area contributed by atoms with Crippen molar-refractivity contribution in [3.8, 4) is 0 Å². The number of piperidine rings is 1. The van der Waals surface area contributed by atoms with Gasteiger partial charge in [0.25, 0.3) is 0 Å². The highest BCUT2D eigenvalue weighted by Crippen LogP contribution is 2.15. The maximum Gasteiger partial charge on any atom is 0.319 e. The number of rotatable bonds is 3. The molecule has 6 heteroatoms. The van der Waals surface area contributed by atoms with Gasteiger partial charge in [0, 0.05) is 24.7 Å². The van der Waals surface area contributed by atoms with E-state index < -0.39 is 6.10 Å². The van der Waals surface area contributed by atoms with Crippen molar-refractivity contribution in [2.45, 2.75) is 31.9 Å². The standard InChI is InChI=1S/C14H19N3O3/c1-9(18)10-2-4-11(5-3-10)16-14(20)17-12-6-7-13(19)15-8-12/h2-5,9,12,18H,6-8H2,1H3,(H,15,19)(H2,16,17,20). The number of urea groups is 1. The van der Waals surface area contributed by atoms with E-state index in [0.29, 0.717) is 25.1 Å². The lowest BCUT2D eigenvalue weighted by molar-refractivity contribution is -0.122. The Morgan fingerprint density at radius 1 is 1.40 bits per heavy atom. The number of carbonyl (C=O) groups is 2. The molecule has 4 N–H and O–H groups in total. The minimum absolute atomic E-state index is 0.0252. The number of aliphatic hydroxyl groups is 1. The highest BCUT2D eigenvalue weighted by Gasteiger charge is 2.19. The van der Waals surface area contributed by atoms with E-state index in [-0.39, 0.29) is 18.0 Å². The highest BCUT2D eigenvalue weighted by atomic mass is 16.3. The Morgan fingerprint density at radius 2 is 2.10 bits per heavy atom. The fourth-order valence-electron chi connectivity index (χ4n) is 2.05. The van der Waals surface area contributed by atoms with Crippen molar-refractivity contribution in [3.05, 3.63) is 29.8 Å². The molecule has 3 amide bonds. The van der Waals surface area contributed by atoms with Gasteiger partial charge < -0.3 is 21.1 Å².